The van der Waals surface area contributed by atoms with E-state index in [4.69, 9.17) is 23.2 Å². The molecule has 1 amide bonds. The van der Waals surface area contributed by atoms with Crippen LogP contribution in [0.25, 0.3) is 0 Å². The molecular weight excluding hydrogens is 353 g/mol. The first-order valence-electron chi connectivity index (χ1n) is 6.95. The smallest absolute Gasteiger partial charge is 0.239 e. The predicted octanol–water partition coefficient (Wildman–Crippen LogP) is 4.16. The Kier molecular flexibility index (Phi) is 4.90. The van der Waals surface area contributed by atoms with E-state index in [1.54, 1.807) is 12.1 Å². The molecule has 118 valence electrons. The van der Waals surface area contributed by atoms with Gasteiger partial charge in [0.2, 0.25) is 5.91 Å². The van der Waals surface area contributed by atoms with Crippen molar-refractivity contribution >= 4 is 51.9 Å². The maximum atomic E-state index is 12.1. The molecule has 1 aliphatic heterocycles. The number of aliphatic imine (C=N–C) groups is 1. The number of carbonyl (C=O) groups excluding carboxylic acids is 1. The Balaban J connectivity index is 1.76. The molecule has 3 rings (SSSR count). The monoisotopic (exact) mass is 365 g/mol. The van der Waals surface area contributed by atoms with E-state index < -0.39 is 0 Å². The molecule has 0 aliphatic carbocycles. The van der Waals surface area contributed by atoms with Crippen LogP contribution in [-0.2, 0) is 11.2 Å². The lowest BCUT2D eigenvalue weighted by molar-refractivity contribution is -0.118. The molecule has 1 fully saturated rings. The van der Waals surface area contributed by atoms with Crippen LogP contribution in [0.2, 0.25) is 10.0 Å². The molecule has 1 saturated heterocycles. The highest BCUT2D eigenvalue weighted by Crippen LogP contribution is 2.31. The van der Waals surface area contributed by atoms with Crippen molar-refractivity contribution in [3.8, 4) is 0 Å². The van der Waals surface area contributed by atoms with Crippen molar-refractivity contribution in [1.29, 1.82) is 0 Å². The first kappa shape index (κ1) is 16.3. The van der Waals surface area contributed by atoms with Crippen LogP contribution in [0.4, 0.5) is 5.82 Å². The van der Waals surface area contributed by atoms with Crippen LogP contribution >= 0.6 is 35.0 Å². The fraction of sp³-hybridized carbons (Fsp3) is 0.188. The van der Waals surface area contributed by atoms with E-state index in [9.17, 15) is 4.79 Å². The highest BCUT2D eigenvalue weighted by Gasteiger charge is 2.31. The number of aryl methyl sites for hydroxylation is 1. The zero-order chi connectivity index (χ0) is 16.4. The third-order valence-electron chi connectivity index (χ3n) is 3.30. The van der Waals surface area contributed by atoms with Crippen LogP contribution in [0.1, 0.15) is 11.3 Å². The highest BCUT2D eigenvalue weighted by atomic mass is 35.5. The molecule has 4 nitrogen and oxygen atoms in total. The summed E-state index contributed by atoms with van der Waals surface area (Å²) in [7, 11) is 0. The van der Waals surface area contributed by atoms with Crippen molar-refractivity contribution < 1.29 is 4.79 Å². The van der Waals surface area contributed by atoms with Crippen molar-refractivity contribution in [2.75, 3.05) is 0 Å². The van der Waals surface area contributed by atoms with Gasteiger partial charge in [-0.2, -0.15) is 0 Å². The second kappa shape index (κ2) is 6.91. The molecule has 0 bridgehead atoms. The minimum atomic E-state index is -0.283. The summed E-state index contributed by atoms with van der Waals surface area (Å²) in [6.07, 6.45) is 0.496. The highest BCUT2D eigenvalue weighted by molar-refractivity contribution is 8.15. The number of rotatable bonds is 3. The van der Waals surface area contributed by atoms with E-state index in [1.165, 1.54) is 11.8 Å². The Morgan fingerprint density at radius 1 is 1.26 bits per heavy atom. The van der Waals surface area contributed by atoms with Crippen LogP contribution in [0.5, 0.6) is 0 Å². The van der Waals surface area contributed by atoms with Gasteiger partial charge in [-0.25, -0.2) is 9.98 Å². The summed E-state index contributed by atoms with van der Waals surface area (Å²) in [6.45, 7) is 1.90. The summed E-state index contributed by atoms with van der Waals surface area (Å²) >= 11 is 13.6. The second-order valence-electron chi connectivity index (χ2n) is 5.07. The number of amidine groups is 1. The Bertz CT molecular complexity index is 795. The molecule has 7 heteroatoms. The number of hydrogen-bond acceptors (Lipinski definition) is 4. The number of carbonyl (C=O) groups is 1. The molecule has 2 aromatic rings. The average molecular weight is 366 g/mol. The van der Waals surface area contributed by atoms with Gasteiger partial charge in [0.05, 0.1) is 15.3 Å². The van der Waals surface area contributed by atoms with Crippen LogP contribution < -0.4 is 5.32 Å². The molecule has 0 spiro atoms. The Hall–Kier alpha value is -1.56. The molecule has 1 unspecified atom stereocenters. The van der Waals surface area contributed by atoms with E-state index in [0.717, 1.165) is 11.3 Å². The van der Waals surface area contributed by atoms with Crippen molar-refractivity contribution in [3.63, 3.8) is 0 Å². The normalized spacial score (nSPS) is 19.2. The van der Waals surface area contributed by atoms with Gasteiger partial charge in [0, 0.05) is 5.69 Å². The Morgan fingerprint density at radius 3 is 2.83 bits per heavy atom. The van der Waals surface area contributed by atoms with Crippen LogP contribution in [0, 0.1) is 6.92 Å². The van der Waals surface area contributed by atoms with Crippen molar-refractivity contribution in [3.05, 3.63) is 57.7 Å². The number of aromatic nitrogens is 1. The zero-order valence-corrected chi connectivity index (χ0v) is 14.5. The number of hydrogen-bond donors (Lipinski definition) is 1. The Morgan fingerprint density at radius 2 is 2.04 bits per heavy atom. The van der Waals surface area contributed by atoms with Crippen LogP contribution in [-0.4, -0.2) is 21.3 Å². The number of pyridine rings is 1. The van der Waals surface area contributed by atoms with E-state index >= 15 is 0 Å². The minimum Gasteiger partial charge on any atom is -0.304 e. The lowest BCUT2D eigenvalue weighted by atomic mass is 10.1. The molecule has 0 saturated carbocycles. The second-order valence-corrected chi connectivity index (χ2v) is 7.04. The number of amides is 1. The van der Waals surface area contributed by atoms with Gasteiger partial charge in [0.1, 0.15) is 0 Å². The number of nitrogens with zero attached hydrogens (tertiary/aromatic N) is 2. The quantitative estimate of drug-likeness (QED) is 0.888. The SMILES string of the molecule is Cc1cccc(N=C2NC(=O)C(Cc3cccc(Cl)c3Cl)S2)n1. The summed E-state index contributed by atoms with van der Waals surface area (Å²) in [4.78, 5) is 20.8. The zero-order valence-electron chi connectivity index (χ0n) is 12.2. The first-order chi connectivity index (χ1) is 11.0. The van der Waals surface area contributed by atoms with Crippen molar-refractivity contribution in [2.24, 2.45) is 4.99 Å². The molecule has 0 radical (unpaired) electrons. The topological polar surface area (TPSA) is 54.4 Å². The molecule has 1 aliphatic rings. The van der Waals surface area contributed by atoms with E-state index in [0.29, 0.717) is 27.5 Å². The molecule has 1 atom stereocenters. The summed E-state index contributed by atoms with van der Waals surface area (Å²) in [5.41, 5.74) is 1.73. The van der Waals surface area contributed by atoms with E-state index in [-0.39, 0.29) is 11.2 Å². The molecular formula is C16H13Cl2N3OS. The number of benzene rings is 1. The molecule has 23 heavy (non-hydrogen) atoms. The lowest BCUT2D eigenvalue weighted by Gasteiger charge is -2.08. The fourth-order valence-electron chi connectivity index (χ4n) is 2.19. The standard InChI is InChI=1S/C16H13Cl2N3OS/c1-9-4-2-7-13(19-9)20-16-21-15(22)12(23-16)8-10-5-3-6-11(17)14(10)18/h2-7,12H,8H2,1H3,(H,19,20,21,22). The minimum absolute atomic E-state index is 0.0857. The maximum Gasteiger partial charge on any atom is 0.239 e. The summed E-state index contributed by atoms with van der Waals surface area (Å²) in [5.74, 6) is 0.492. The fourth-order valence-corrected chi connectivity index (χ4v) is 3.59. The molecule has 1 aromatic carbocycles. The van der Waals surface area contributed by atoms with Gasteiger partial charge in [-0.1, -0.05) is 53.2 Å². The van der Waals surface area contributed by atoms with Gasteiger partial charge in [0.25, 0.3) is 0 Å². The maximum absolute atomic E-state index is 12.1. The van der Waals surface area contributed by atoms with Crippen molar-refractivity contribution in [1.82, 2.24) is 10.3 Å². The van der Waals surface area contributed by atoms with Crippen LogP contribution in [0.15, 0.2) is 41.4 Å². The first-order valence-corrected chi connectivity index (χ1v) is 8.59. The van der Waals surface area contributed by atoms with Gasteiger partial charge in [0.15, 0.2) is 11.0 Å². The lowest BCUT2D eigenvalue weighted by Crippen LogP contribution is -2.26. The summed E-state index contributed by atoms with van der Waals surface area (Å²) in [6, 6.07) is 11.0. The molecule has 1 N–H and O–H groups in total. The van der Waals surface area contributed by atoms with Gasteiger partial charge >= 0.3 is 0 Å². The predicted molar refractivity (Wildman–Crippen MR) is 95.8 cm³/mol. The third-order valence-corrected chi connectivity index (χ3v) is 5.24. The Labute approximate surface area is 148 Å². The number of halogens is 2. The van der Waals surface area contributed by atoms with Gasteiger partial charge in [-0.3, -0.25) is 4.79 Å². The largest absolute Gasteiger partial charge is 0.304 e. The molecule has 2 heterocycles. The van der Waals surface area contributed by atoms with Gasteiger partial charge in [-0.05, 0) is 37.1 Å². The summed E-state index contributed by atoms with van der Waals surface area (Å²) in [5, 5.41) is 4.04. The number of thioether (sulfide) groups is 1. The van der Waals surface area contributed by atoms with E-state index in [1.807, 2.05) is 31.2 Å². The van der Waals surface area contributed by atoms with Gasteiger partial charge in [-0.15, -0.1) is 0 Å². The molecule has 1 aromatic heterocycles. The van der Waals surface area contributed by atoms with Crippen molar-refractivity contribution in [2.45, 2.75) is 18.6 Å². The third kappa shape index (κ3) is 3.86. The average Bonchev–Trinajstić information content (AvgIpc) is 2.83. The van der Waals surface area contributed by atoms with Gasteiger partial charge < -0.3 is 5.32 Å². The van der Waals surface area contributed by atoms with Crippen LogP contribution in [0.3, 0.4) is 0 Å². The summed E-state index contributed by atoms with van der Waals surface area (Å²) < 4.78 is 0. The van der Waals surface area contributed by atoms with E-state index in [2.05, 4.69) is 15.3 Å². The number of nitrogens with one attached hydrogen (secondary N) is 1.